The van der Waals surface area contributed by atoms with Gasteiger partial charge in [-0.15, -0.1) is 0 Å². The minimum Gasteiger partial charge on any atom is -0.486 e. The summed E-state index contributed by atoms with van der Waals surface area (Å²) >= 11 is 0. The Bertz CT molecular complexity index is 954. The molecule has 2 aromatic carbocycles. The molecule has 0 bridgehead atoms. The van der Waals surface area contributed by atoms with Gasteiger partial charge < -0.3 is 9.47 Å². The summed E-state index contributed by atoms with van der Waals surface area (Å²) in [6.45, 7) is 4.17. The monoisotopic (exact) mass is 380 g/mol. The number of carbonyl (C=O) groups excluding carboxylic acids is 3. The first-order chi connectivity index (χ1) is 13.5. The van der Waals surface area contributed by atoms with Gasteiger partial charge in [0.2, 0.25) is 0 Å². The topological polar surface area (TPSA) is 76.2 Å². The number of fused-ring (bicyclic) bond motifs is 1. The number of imide groups is 1. The predicted molar refractivity (Wildman–Crippen MR) is 102 cm³/mol. The van der Waals surface area contributed by atoms with Gasteiger partial charge in [0.05, 0.1) is 6.54 Å². The first kappa shape index (κ1) is 18.0. The van der Waals surface area contributed by atoms with E-state index < -0.39 is 18.0 Å². The predicted octanol–water partition coefficient (Wildman–Crippen LogP) is 2.81. The summed E-state index contributed by atoms with van der Waals surface area (Å²) in [4.78, 5) is 40.6. The molecule has 0 aromatic heterocycles. The van der Waals surface area contributed by atoms with Crippen molar-refractivity contribution in [1.29, 1.82) is 0 Å². The van der Waals surface area contributed by atoms with Crippen LogP contribution >= 0.6 is 0 Å². The van der Waals surface area contributed by atoms with Crippen LogP contribution in [0.1, 0.15) is 22.8 Å². The number of ether oxygens (including phenoxy) is 2. The molecular weight excluding hydrogens is 360 g/mol. The van der Waals surface area contributed by atoms with Gasteiger partial charge in [0.1, 0.15) is 19.3 Å². The fourth-order valence-electron chi connectivity index (χ4n) is 3.36. The summed E-state index contributed by atoms with van der Waals surface area (Å²) < 4.78 is 10.9. The minimum atomic E-state index is -0.664. The molecule has 3 amide bonds. The average molecular weight is 380 g/mol. The molecule has 0 spiro atoms. The molecule has 144 valence electrons. The van der Waals surface area contributed by atoms with E-state index in [2.05, 4.69) is 0 Å². The van der Waals surface area contributed by atoms with Crippen molar-refractivity contribution < 1.29 is 23.9 Å². The van der Waals surface area contributed by atoms with Crippen LogP contribution in [-0.2, 0) is 4.79 Å². The lowest BCUT2D eigenvalue weighted by Crippen LogP contribution is -2.37. The second-order valence-electron chi connectivity index (χ2n) is 6.87. The lowest BCUT2D eigenvalue weighted by molar-refractivity contribution is -0.126. The number of hydrogen-bond acceptors (Lipinski definition) is 5. The standard InChI is InChI=1S/C21H20N2O5/c1-13-3-6-16(7-4-13)23-14(2)20(25)22(21(23)26)12-17(24)15-5-8-18-19(11-15)28-10-9-27-18/h3-8,11,14H,9-10,12H2,1-2H3/t14-/m1/s1. The van der Waals surface area contributed by atoms with Crippen LogP contribution in [0.2, 0.25) is 0 Å². The van der Waals surface area contributed by atoms with Crippen molar-refractivity contribution in [3.05, 3.63) is 53.6 Å². The lowest BCUT2D eigenvalue weighted by atomic mass is 10.1. The number of Topliss-reactive ketones (excluding diaryl/α,β-unsaturated/α-hetero) is 1. The zero-order chi connectivity index (χ0) is 19.8. The Morgan fingerprint density at radius 2 is 1.71 bits per heavy atom. The van der Waals surface area contributed by atoms with E-state index in [1.54, 1.807) is 37.3 Å². The van der Waals surface area contributed by atoms with Crippen LogP contribution in [-0.4, -0.2) is 48.4 Å². The third-order valence-corrected chi connectivity index (χ3v) is 4.93. The Balaban J connectivity index is 1.54. The average Bonchev–Trinajstić information content (AvgIpc) is 2.91. The highest BCUT2D eigenvalue weighted by Crippen LogP contribution is 2.31. The van der Waals surface area contributed by atoms with Crippen LogP contribution in [0.5, 0.6) is 11.5 Å². The van der Waals surface area contributed by atoms with E-state index in [4.69, 9.17) is 9.47 Å². The van der Waals surface area contributed by atoms with Crippen LogP contribution < -0.4 is 14.4 Å². The highest BCUT2D eigenvalue weighted by atomic mass is 16.6. The fourth-order valence-corrected chi connectivity index (χ4v) is 3.36. The summed E-state index contributed by atoms with van der Waals surface area (Å²) in [7, 11) is 0. The molecule has 0 saturated carbocycles. The Morgan fingerprint density at radius 3 is 2.43 bits per heavy atom. The normalized spacial score (nSPS) is 18.6. The number of hydrogen-bond donors (Lipinski definition) is 0. The Labute approximate surface area is 162 Å². The summed E-state index contributed by atoms with van der Waals surface area (Å²) in [6, 6.07) is 11.1. The van der Waals surface area contributed by atoms with Crippen LogP contribution in [0.15, 0.2) is 42.5 Å². The Morgan fingerprint density at radius 1 is 1.04 bits per heavy atom. The largest absolute Gasteiger partial charge is 0.486 e. The van der Waals surface area contributed by atoms with Crippen molar-refractivity contribution in [3.63, 3.8) is 0 Å². The highest BCUT2D eigenvalue weighted by Gasteiger charge is 2.44. The van der Waals surface area contributed by atoms with Crippen molar-refractivity contribution in [1.82, 2.24) is 4.90 Å². The molecule has 1 atom stereocenters. The molecular formula is C21H20N2O5. The maximum atomic E-state index is 12.8. The van der Waals surface area contributed by atoms with E-state index in [1.165, 1.54) is 4.90 Å². The summed E-state index contributed by atoms with van der Waals surface area (Å²) in [5.41, 5.74) is 2.05. The van der Waals surface area contributed by atoms with Crippen LogP contribution in [0.4, 0.5) is 10.5 Å². The molecule has 28 heavy (non-hydrogen) atoms. The second kappa shape index (κ2) is 6.99. The minimum absolute atomic E-state index is 0.315. The van der Waals surface area contributed by atoms with E-state index in [9.17, 15) is 14.4 Å². The Hall–Kier alpha value is -3.35. The third-order valence-electron chi connectivity index (χ3n) is 4.93. The first-order valence-electron chi connectivity index (χ1n) is 9.10. The number of ketones is 1. The van der Waals surface area contributed by atoms with E-state index in [-0.39, 0.29) is 12.3 Å². The fraction of sp³-hybridized carbons (Fsp3) is 0.286. The van der Waals surface area contributed by atoms with E-state index in [0.717, 1.165) is 10.5 Å². The molecule has 4 rings (SSSR count). The Kier molecular flexibility index (Phi) is 4.50. The number of nitrogens with zero attached hydrogens (tertiary/aromatic N) is 2. The number of rotatable bonds is 4. The van der Waals surface area contributed by atoms with E-state index >= 15 is 0 Å². The molecule has 0 N–H and O–H groups in total. The van der Waals surface area contributed by atoms with Crippen molar-refractivity contribution in [2.45, 2.75) is 19.9 Å². The van der Waals surface area contributed by atoms with Gasteiger partial charge in [-0.25, -0.2) is 4.79 Å². The van der Waals surface area contributed by atoms with Gasteiger partial charge in [0.25, 0.3) is 5.91 Å². The van der Waals surface area contributed by atoms with E-state index in [1.807, 2.05) is 19.1 Å². The summed E-state index contributed by atoms with van der Waals surface area (Å²) in [5, 5.41) is 0. The molecule has 7 heteroatoms. The maximum absolute atomic E-state index is 12.8. The molecule has 1 saturated heterocycles. The molecule has 0 unspecified atom stereocenters. The van der Waals surface area contributed by atoms with Crippen LogP contribution in [0.3, 0.4) is 0 Å². The van der Waals surface area contributed by atoms with Gasteiger partial charge in [-0.05, 0) is 44.2 Å². The molecule has 0 radical (unpaired) electrons. The zero-order valence-corrected chi connectivity index (χ0v) is 15.7. The molecule has 2 heterocycles. The van der Waals surface area contributed by atoms with Crippen LogP contribution in [0, 0.1) is 6.92 Å². The number of amides is 3. The van der Waals surface area contributed by atoms with E-state index in [0.29, 0.717) is 36.0 Å². The molecule has 2 aliphatic heterocycles. The number of urea groups is 1. The van der Waals surface area contributed by atoms with Gasteiger partial charge >= 0.3 is 6.03 Å². The van der Waals surface area contributed by atoms with Crippen molar-refractivity contribution in [3.8, 4) is 11.5 Å². The number of anilines is 1. The smallest absolute Gasteiger partial charge is 0.332 e. The third kappa shape index (κ3) is 3.09. The SMILES string of the molecule is Cc1ccc(N2C(=O)N(CC(=O)c3ccc4c(c3)OCCO4)C(=O)[C@H]2C)cc1. The quantitative estimate of drug-likeness (QED) is 0.602. The summed E-state index contributed by atoms with van der Waals surface area (Å²) in [6.07, 6.45) is 0. The lowest BCUT2D eigenvalue weighted by Gasteiger charge is -2.20. The molecule has 7 nitrogen and oxygen atoms in total. The molecule has 2 aliphatic rings. The van der Waals surface area contributed by atoms with Crippen molar-refractivity contribution in [2.24, 2.45) is 0 Å². The van der Waals surface area contributed by atoms with Crippen molar-refractivity contribution >= 4 is 23.4 Å². The number of aryl methyl sites for hydroxylation is 1. The first-order valence-corrected chi connectivity index (χ1v) is 9.10. The van der Waals surface area contributed by atoms with Crippen molar-refractivity contribution in [2.75, 3.05) is 24.7 Å². The van der Waals surface area contributed by atoms with Gasteiger partial charge in [-0.1, -0.05) is 17.7 Å². The second-order valence-corrected chi connectivity index (χ2v) is 6.87. The molecule has 2 aromatic rings. The maximum Gasteiger partial charge on any atom is 0.332 e. The van der Waals surface area contributed by atoms with Gasteiger partial charge in [-0.2, -0.15) is 0 Å². The van der Waals surface area contributed by atoms with Crippen LogP contribution in [0.25, 0.3) is 0 Å². The van der Waals surface area contributed by atoms with Gasteiger partial charge in [-0.3, -0.25) is 19.4 Å². The zero-order valence-electron chi connectivity index (χ0n) is 15.7. The highest BCUT2D eigenvalue weighted by molar-refractivity contribution is 6.16. The number of benzene rings is 2. The summed E-state index contributed by atoms with van der Waals surface area (Å²) in [5.74, 6) is 0.342. The van der Waals surface area contributed by atoms with Gasteiger partial charge in [0.15, 0.2) is 17.3 Å². The number of carbonyl (C=O) groups is 3. The molecule has 1 fully saturated rings. The van der Waals surface area contributed by atoms with Gasteiger partial charge in [0, 0.05) is 11.3 Å². The molecule has 0 aliphatic carbocycles.